The van der Waals surface area contributed by atoms with Crippen LogP contribution in [0.2, 0.25) is 0 Å². The maximum atomic E-state index is 14.0. The van der Waals surface area contributed by atoms with E-state index in [1.165, 1.54) is 0 Å². The van der Waals surface area contributed by atoms with Gasteiger partial charge in [0.25, 0.3) is 5.91 Å². The third-order valence-corrected chi connectivity index (χ3v) is 7.14. The number of benzene rings is 2. The van der Waals surface area contributed by atoms with E-state index in [4.69, 9.17) is 13.9 Å². The Morgan fingerprint density at radius 1 is 1.05 bits per heavy atom. The number of pyridine rings is 1. The van der Waals surface area contributed by atoms with Gasteiger partial charge in [0, 0.05) is 24.3 Å². The summed E-state index contributed by atoms with van der Waals surface area (Å²) in [4.78, 5) is 47.2. The van der Waals surface area contributed by atoms with Crippen molar-refractivity contribution in [3.8, 4) is 5.75 Å². The average Bonchev–Trinajstić information content (AvgIpc) is 3.49. The second-order valence-electron chi connectivity index (χ2n) is 9.62. The summed E-state index contributed by atoms with van der Waals surface area (Å²) >= 11 is 0. The van der Waals surface area contributed by atoms with Gasteiger partial charge in [-0.25, -0.2) is 9.69 Å². The standard InChI is InChI=1S/C29H26N4O6/c1-37-23-8-7-20-15-32(26(34)13-21(20)11-23)17-29(25-12-22-14-30-10-9-24(22)39-25)27(35)33(28(36)31-29)18-38-16-19-5-3-2-4-6-19/h2-12,14H,13,15-18H2,1H3,(H,31,36)/t29-/m0/s1. The van der Waals surface area contributed by atoms with Crippen molar-refractivity contribution in [2.24, 2.45) is 0 Å². The Balaban J connectivity index is 1.31. The lowest BCUT2D eigenvalue weighted by Gasteiger charge is -2.35. The minimum Gasteiger partial charge on any atom is -0.497 e. The van der Waals surface area contributed by atoms with Crippen LogP contribution in [0.25, 0.3) is 11.0 Å². The first-order valence-corrected chi connectivity index (χ1v) is 12.5. The minimum absolute atomic E-state index is 0.107. The van der Waals surface area contributed by atoms with Crippen molar-refractivity contribution < 1.29 is 28.3 Å². The fraction of sp³-hybridized carbons (Fsp3) is 0.241. The number of nitrogens with zero attached hydrogens (tertiary/aromatic N) is 3. The van der Waals surface area contributed by atoms with Crippen LogP contribution in [0.5, 0.6) is 5.75 Å². The number of methoxy groups -OCH3 is 1. The predicted molar refractivity (Wildman–Crippen MR) is 139 cm³/mol. The van der Waals surface area contributed by atoms with Crippen molar-refractivity contribution in [2.45, 2.75) is 25.1 Å². The van der Waals surface area contributed by atoms with Gasteiger partial charge in [0.05, 0.1) is 26.7 Å². The number of rotatable bonds is 8. The van der Waals surface area contributed by atoms with Gasteiger partial charge in [-0.15, -0.1) is 0 Å². The summed E-state index contributed by atoms with van der Waals surface area (Å²) in [5.74, 6) is 0.170. The third-order valence-electron chi connectivity index (χ3n) is 7.14. The van der Waals surface area contributed by atoms with Gasteiger partial charge >= 0.3 is 6.03 Å². The molecule has 10 nitrogen and oxygen atoms in total. The molecule has 0 spiro atoms. The van der Waals surface area contributed by atoms with Crippen LogP contribution < -0.4 is 10.1 Å². The predicted octanol–water partition coefficient (Wildman–Crippen LogP) is 3.34. The lowest BCUT2D eigenvalue weighted by atomic mass is 9.92. The molecule has 2 aliphatic heterocycles. The van der Waals surface area contributed by atoms with Gasteiger partial charge in [0.15, 0.2) is 5.54 Å². The van der Waals surface area contributed by atoms with E-state index in [1.807, 2.05) is 48.5 Å². The molecular weight excluding hydrogens is 500 g/mol. The third kappa shape index (κ3) is 4.48. The summed E-state index contributed by atoms with van der Waals surface area (Å²) in [5, 5.41) is 3.51. The highest BCUT2D eigenvalue weighted by Crippen LogP contribution is 2.36. The average molecular weight is 527 g/mol. The summed E-state index contributed by atoms with van der Waals surface area (Å²) in [7, 11) is 1.58. The lowest BCUT2D eigenvalue weighted by Crippen LogP contribution is -2.54. The Morgan fingerprint density at radius 2 is 1.90 bits per heavy atom. The summed E-state index contributed by atoms with van der Waals surface area (Å²) in [6, 6.07) is 17.8. The number of aromatic nitrogens is 1. The molecule has 2 aromatic heterocycles. The zero-order valence-electron chi connectivity index (χ0n) is 21.3. The highest BCUT2D eigenvalue weighted by atomic mass is 16.5. The Bertz CT molecular complexity index is 1540. The van der Waals surface area contributed by atoms with Crippen molar-refractivity contribution in [1.29, 1.82) is 0 Å². The minimum atomic E-state index is -1.63. The molecule has 0 saturated carbocycles. The van der Waals surface area contributed by atoms with Crippen molar-refractivity contribution in [1.82, 2.24) is 20.1 Å². The lowest BCUT2D eigenvalue weighted by molar-refractivity contribution is -0.140. The van der Waals surface area contributed by atoms with E-state index in [2.05, 4.69) is 10.3 Å². The van der Waals surface area contributed by atoms with Gasteiger partial charge in [-0.05, 0) is 41.0 Å². The highest BCUT2D eigenvalue weighted by Gasteiger charge is 2.56. The van der Waals surface area contributed by atoms with E-state index in [0.29, 0.717) is 16.7 Å². The van der Waals surface area contributed by atoms with E-state index < -0.39 is 17.5 Å². The molecule has 6 rings (SSSR count). The van der Waals surface area contributed by atoms with Crippen molar-refractivity contribution in [3.05, 3.63) is 95.5 Å². The first kappa shape index (κ1) is 24.6. The summed E-state index contributed by atoms with van der Waals surface area (Å²) in [5.41, 5.74) is 1.61. The van der Waals surface area contributed by atoms with Crippen LogP contribution in [0.3, 0.4) is 0 Å². The topological polar surface area (TPSA) is 114 Å². The molecule has 4 heterocycles. The molecule has 2 aliphatic rings. The van der Waals surface area contributed by atoms with E-state index in [-0.39, 0.29) is 44.5 Å². The molecule has 2 aromatic carbocycles. The van der Waals surface area contributed by atoms with Crippen LogP contribution in [0.4, 0.5) is 4.79 Å². The van der Waals surface area contributed by atoms with Crippen LogP contribution in [0, 0.1) is 0 Å². The monoisotopic (exact) mass is 526 g/mol. The van der Waals surface area contributed by atoms with Gasteiger partial charge in [-0.1, -0.05) is 36.4 Å². The first-order chi connectivity index (χ1) is 19.0. The van der Waals surface area contributed by atoms with Crippen molar-refractivity contribution in [2.75, 3.05) is 20.4 Å². The molecular formula is C29H26N4O6. The molecule has 10 heteroatoms. The molecule has 0 aliphatic carbocycles. The number of hydrogen-bond acceptors (Lipinski definition) is 7. The molecule has 4 amide bonds. The van der Waals surface area contributed by atoms with Crippen LogP contribution in [0.15, 0.2) is 77.5 Å². The zero-order valence-corrected chi connectivity index (χ0v) is 21.3. The van der Waals surface area contributed by atoms with Gasteiger partial charge < -0.3 is 24.1 Å². The molecule has 39 heavy (non-hydrogen) atoms. The molecule has 1 atom stereocenters. The van der Waals surface area contributed by atoms with Crippen LogP contribution in [0.1, 0.15) is 22.5 Å². The van der Waals surface area contributed by atoms with Crippen LogP contribution in [-0.4, -0.2) is 53.0 Å². The van der Waals surface area contributed by atoms with E-state index in [1.54, 1.807) is 36.5 Å². The first-order valence-electron chi connectivity index (χ1n) is 12.5. The Labute approximate surface area is 224 Å². The number of amides is 4. The maximum Gasteiger partial charge on any atom is 0.327 e. The van der Waals surface area contributed by atoms with Gasteiger partial charge in [0.2, 0.25) is 5.91 Å². The smallest absolute Gasteiger partial charge is 0.327 e. The second-order valence-corrected chi connectivity index (χ2v) is 9.62. The number of carbonyl (C=O) groups excluding carboxylic acids is 3. The normalized spacial score (nSPS) is 18.9. The largest absolute Gasteiger partial charge is 0.497 e. The Hall–Kier alpha value is -4.70. The quantitative estimate of drug-likeness (QED) is 0.350. The number of nitrogens with one attached hydrogen (secondary N) is 1. The number of furan rings is 1. The van der Waals surface area contributed by atoms with E-state index >= 15 is 0 Å². The van der Waals surface area contributed by atoms with Gasteiger partial charge in [0.1, 0.15) is 23.8 Å². The van der Waals surface area contributed by atoms with E-state index in [0.717, 1.165) is 21.6 Å². The number of carbonyl (C=O) groups is 3. The number of fused-ring (bicyclic) bond motifs is 2. The van der Waals surface area contributed by atoms with Crippen LogP contribution in [-0.2, 0) is 39.4 Å². The molecule has 198 valence electrons. The second kappa shape index (κ2) is 9.88. The maximum absolute atomic E-state index is 14.0. The fourth-order valence-electron chi connectivity index (χ4n) is 5.07. The number of urea groups is 1. The molecule has 1 fully saturated rings. The zero-order chi connectivity index (χ0) is 27.0. The number of imide groups is 1. The molecule has 0 bridgehead atoms. The molecule has 4 aromatic rings. The number of hydrogen-bond donors (Lipinski definition) is 1. The summed E-state index contributed by atoms with van der Waals surface area (Å²) in [6.07, 6.45) is 3.35. The molecule has 0 radical (unpaired) electrons. The van der Waals surface area contributed by atoms with E-state index in [9.17, 15) is 14.4 Å². The van der Waals surface area contributed by atoms with Crippen molar-refractivity contribution in [3.63, 3.8) is 0 Å². The Morgan fingerprint density at radius 3 is 2.69 bits per heavy atom. The molecule has 1 N–H and O–H groups in total. The van der Waals surface area contributed by atoms with Crippen molar-refractivity contribution >= 4 is 28.8 Å². The Kier molecular flexibility index (Phi) is 6.24. The summed E-state index contributed by atoms with van der Waals surface area (Å²) < 4.78 is 17.1. The van der Waals surface area contributed by atoms with Crippen LogP contribution >= 0.6 is 0 Å². The summed E-state index contributed by atoms with van der Waals surface area (Å²) in [6.45, 7) is 0.144. The SMILES string of the molecule is COc1ccc2c(c1)CC(=O)N(C[C@@]1(c3cc4cnccc4o3)NC(=O)N(COCc3ccccc3)C1=O)C2. The van der Waals surface area contributed by atoms with Gasteiger partial charge in [-0.2, -0.15) is 0 Å². The van der Waals surface area contributed by atoms with Gasteiger partial charge in [-0.3, -0.25) is 14.6 Å². The fourth-order valence-corrected chi connectivity index (χ4v) is 5.07. The molecule has 0 unspecified atom stereocenters. The molecule has 1 saturated heterocycles. The highest BCUT2D eigenvalue weighted by molar-refractivity contribution is 6.08. The number of ether oxygens (including phenoxy) is 2.